The van der Waals surface area contributed by atoms with Gasteiger partial charge in [0.05, 0.1) is 17.8 Å². The first-order valence-corrected chi connectivity index (χ1v) is 6.03. The zero-order chi connectivity index (χ0) is 12.6. The van der Waals surface area contributed by atoms with Gasteiger partial charge >= 0.3 is 0 Å². The molecule has 1 fully saturated rings. The van der Waals surface area contributed by atoms with Crippen LogP contribution >= 0.6 is 0 Å². The summed E-state index contributed by atoms with van der Waals surface area (Å²) in [5.41, 5.74) is 0. The van der Waals surface area contributed by atoms with Gasteiger partial charge in [0.1, 0.15) is 5.84 Å². The molecular formula is C12H16N2O3. The van der Waals surface area contributed by atoms with Crippen LogP contribution in [0.5, 0.6) is 0 Å². The van der Waals surface area contributed by atoms with Gasteiger partial charge in [-0.25, -0.2) is 0 Å². The topological polar surface area (TPSA) is 75.6 Å². The van der Waals surface area contributed by atoms with Crippen molar-refractivity contribution in [3.63, 3.8) is 0 Å². The molecule has 0 spiro atoms. The van der Waals surface area contributed by atoms with Crippen LogP contribution in [0.2, 0.25) is 0 Å². The average molecular weight is 236 g/mol. The predicted molar refractivity (Wildman–Crippen MR) is 61.3 cm³/mol. The van der Waals surface area contributed by atoms with Crippen LogP contribution in [-0.4, -0.2) is 23.4 Å². The fraction of sp³-hybridized carbons (Fsp3) is 0.667. The summed E-state index contributed by atoms with van der Waals surface area (Å²) in [5, 5.41) is 2.60. The summed E-state index contributed by atoms with van der Waals surface area (Å²) in [4.78, 5) is 39.1. The minimum absolute atomic E-state index is 0.140. The number of hydrogen-bond acceptors (Lipinski definition) is 3. The molecule has 92 valence electrons. The molecule has 2 amide bonds. The Morgan fingerprint density at radius 2 is 2.00 bits per heavy atom. The van der Waals surface area contributed by atoms with Gasteiger partial charge in [-0.1, -0.05) is 26.7 Å². The Bertz CT molecular complexity index is 414. The Labute approximate surface area is 99.7 Å². The fourth-order valence-electron chi connectivity index (χ4n) is 2.40. The molecule has 17 heavy (non-hydrogen) atoms. The number of amides is 2. The molecule has 2 rings (SSSR count). The number of aliphatic imine (C=N–C) groups is 1. The summed E-state index contributed by atoms with van der Waals surface area (Å²) in [5.74, 6) is -2.06. The molecule has 1 N–H and O–H groups in total. The number of fused-ring (bicyclic) bond motifs is 1. The second-order valence-electron chi connectivity index (χ2n) is 4.69. The van der Waals surface area contributed by atoms with E-state index >= 15 is 0 Å². The van der Waals surface area contributed by atoms with Crippen molar-refractivity contribution in [1.82, 2.24) is 5.32 Å². The van der Waals surface area contributed by atoms with E-state index in [1.54, 1.807) is 6.92 Å². The van der Waals surface area contributed by atoms with Crippen LogP contribution in [0.15, 0.2) is 4.99 Å². The minimum Gasteiger partial charge on any atom is -0.313 e. The van der Waals surface area contributed by atoms with E-state index in [2.05, 4.69) is 10.3 Å². The molecule has 2 aliphatic heterocycles. The SMILES string of the molecule is CCCC[C@@H]1C(=O)NC2=NC(=O)[C@H](C)[C@H]2C1=O. The lowest BCUT2D eigenvalue weighted by molar-refractivity contribution is -0.138. The number of carbonyl (C=O) groups is 3. The monoisotopic (exact) mass is 236 g/mol. The molecule has 0 aromatic rings. The van der Waals surface area contributed by atoms with E-state index in [-0.39, 0.29) is 23.4 Å². The van der Waals surface area contributed by atoms with Crippen molar-refractivity contribution in [3.8, 4) is 0 Å². The number of ketones is 1. The standard InChI is InChI=1S/C12H16N2O3/c1-3-4-5-7-9(15)8-6(2)11(16)13-10(8)14-12(7)17/h6-8H,3-5H2,1-2H3,(H,13,14,16,17)/t6-,7+,8+/m1/s1. The summed E-state index contributed by atoms with van der Waals surface area (Å²) in [6.07, 6.45) is 2.34. The first kappa shape index (κ1) is 12.0. The number of nitrogens with one attached hydrogen (secondary N) is 1. The van der Waals surface area contributed by atoms with E-state index in [1.165, 1.54) is 0 Å². The van der Waals surface area contributed by atoms with E-state index < -0.39 is 17.8 Å². The van der Waals surface area contributed by atoms with Crippen molar-refractivity contribution >= 4 is 23.4 Å². The molecule has 0 unspecified atom stereocenters. The summed E-state index contributed by atoms with van der Waals surface area (Å²) in [7, 11) is 0. The van der Waals surface area contributed by atoms with Crippen molar-refractivity contribution < 1.29 is 14.4 Å². The lowest BCUT2D eigenvalue weighted by atomic mass is 9.79. The van der Waals surface area contributed by atoms with Gasteiger partial charge in [-0.3, -0.25) is 14.4 Å². The highest BCUT2D eigenvalue weighted by atomic mass is 16.2. The van der Waals surface area contributed by atoms with Gasteiger partial charge in [0, 0.05) is 0 Å². The van der Waals surface area contributed by atoms with Crippen molar-refractivity contribution in [3.05, 3.63) is 0 Å². The zero-order valence-electron chi connectivity index (χ0n) is 10.0. The van der Waals surface area contributed by atoms with Crippen molar-refractivity contribution in [2.24, 2.45) is 22.7 Å². The normalized spacial score (nSPS) is 32.2. The Morgan fingerprint density at radius 1 is 1.29 bits per heavy atom. The molecule has 1 saturated heterocycles. The maximum atomic E-state index is 12.2. The molecule has 2 heterocycles. The van der Waals surface area contributed by atoms with Crippen LogP contribution < -0.4 is 5.32 Å². The Balaban J connectivity index is 2.21. The minimum atomic E-state index is -0.604. The summed E-state index contributed by atoms with van der Waals surface area (Å²) >= 11 is 0. The lowest BCUT2D eigenvalue weighted by Gasteiger charge is -2.27. The second kappa shape index (κ2) is 4.39. The van der Waals surface area contributed by atoms with Crippen LogP contribution in [-0.2, 0) is 14.4 Å². The fourth-order valence-corrected chi connectivity index (χ4v) is 2.40. The molecule has 3 atom stereocenters. The van der Waals surface area contributed by atoms with E-state index in [4.69, 9.17) is 0 Å². The van der Waals surface area contributed by atoms with E-state index in [0.717, 1.165) is 12.8 Å². The van der Waals surface area contributed by atoms with Crippen molar-refractivity contribution in [2.75, 3.05) is 0 Å². The number of carbonyl (C=O) groups excluding carboxylic acids is 3. The van der Waals surface area contributed by atoms with Gasteiger partial charge in [0.2, 0.25) is 5.91 Å². The van der Waals surface area contributed by atoms with E-state index in [1.807, 2.05) is 6.92 Å². The van der Waals surface area contributed by atoms with Gasteiger partial charge in [-0.05, 0) is 6.42 Å². The highest BCUT2D eigenvalue weighted by molar-refractivity contribution is 6.26. The number of piperidine rings is 1. The number of rotatable bonds is 3. The Kier molecular flexibility index (Phi) is 3.09. The summed E-state index contributed by atoms with van der Waals surface area (Å²) in [6.45, 7) is 3.70. The number of unbranched alkanes of at least 4 members (excludes halogenated alkanes) is 1. The van der Waals surface area contributed by atoms with Gasteiger partial charge in [-0.2, -0.15) is 4.99 Å². The van der Waals surface area contributed by atoms with Gasteiger partial charge < -0.3 is 5.32 Å². The molecule has 2 aliphatic rings. The third kappa shape index (κ3) is 1.90. The van der Waals surface area contributed by atoms with Crippen LogP contribution in [0.1, 0.15) is 33.1 Å². The maximum absolute atomic E-state index is 12.2. The summed E-state index contributed by atoms with van der Waals surface area (Å²) < 4.78 is 0. The molecule has 0 bridgehead atoms. The molecule has 0 aromatic carbocycles. The van der Waals surface area contributed by atoms with Crippen LogP contribution in [0.3, 0.4) is 0 Å². The number of hydrogen-bond donors (Lipinski definition) is 1. The highest BCUT2D eigenvalue weighted by Crippen LogP contribution is 2.30. The van der Waals surface area contributed by atoms with Crippen molar-refractivity contribution in [2.45, 2.75) is 33.1 Å². The smallest absolute Gasteiger partial charge is 0.251 e. The van der Waals surface area contributed by atoms with Crippen LogP contribution in [0.4, 0.5) is 0 Å². The quantitative estimate of drug-likeness (QED) is 0.732. The van der Waals surface area contributed by atoms with Crippen LogP contribution in [0, 0.1) is 17.8 Å². The largest absolute Gasteiger partial charge is 0.313 e. The van der Waals surface area contributed by atoms with Gasteiger partial charge in [0.15, 0.2) is 5.78 Å². The molecule has 0 aromatic heterocycles. The number of nitrogens with zero attached hydrogens (tertiary/aromatic N) is 1. The molecule has 0 saturated carbocycles. The maximum Gasteiger partial charge on any atom is 0.251 e. The number of amidine groups is 1. The molecular weight excluding hydrogens is 220 g/mol. The third-order valence-corrected chi connectivity index (χ3v) is 3.48. The molecule has 5 heteroatoms. The third-order valence-electron chi connectivity index (χ3n) is 3.48. The summed E-state index contributed by atoms with van der Waals surface area (Å²) in [6, 6.07) is 0. The Hall–Kier alpha value is -1.52. The molecule has 0 radical (unpaired) electrons. The van der Waals surface area contributed by atoms with Crippen LogP contribution in [0.25, 0.3) is 0 Å². The lowest BCUT2D eigenvalue weighted by Crippen LogP contribution is -2.52. The average Bonchev–Trinajstić information content (AvgIpc) is 2.54. The zero-order valence-corrected chi connectivity index (χ0v) is 10.0. The van der Waals surface area contributed by atoms with Crippen molar-refractivity contribution in [1.29, 1.82) is 0 Å². The predicted octanol–water partition coefficient (Wildman–Crippen LogP) is 0.683. The van der Waals surface area contributed by atoms with E-state index in [9.17, 15) is 14.4 Å². The highest BCUT2D eigenvalue weighted by Gasteiger charge is 2.48. The molecule has 5 nitrogen and oxygen atoms in total. The van der Waals surface area contributed by atoms with Gasteiger partial charge in [0.25, 0.3) is 5.91 Å². The number of Topliss-reactive ketones (excluding diaryl/α,β-unsaturated/α-hetero) is 1. The first-order valence-electron chi connectivity index (χ1n) is 6.03. The Morgan fingerprint density at radius 3 is 2.65 bits per heavy atom. The molecule has 0 aliphatic carbocycles. The van der Waals surface area contributed by atoms with E-state index in [0.29, 0.717) is 6.42 Å². The van der Waals surface area contributed by atoms with Gasteiger partial charge in [-0.15, -0.1) is 0 Å². The second-order valence-corrected chi connectivity index (χ2v) is 4.69. The first-order chi connectivity index (χ1) is 8.06.